The first-order valence-corrected chi connectivity index (χ1v) is 6.76. The van der Waals surface area contributed by atoms with Crippen LogP contribution < -0.4 is 11.1 Å². The molecule has 1 aromatic carbocycles. The molecule has 3 N–H and O–H groups in total. The Kier molecular flexibility index (Phi) is 6.26. The standard InChI is InChI=1S/C15H24N2O/c1-3-4-5-6-11-14(15(16)18)17-13-10-8-7-9-12(13)2/h7-10,14,17H,3-6,11H2,1-2H3,(H2,16,18). The molecule has 1 unspecified atom stereocenters. The van der Waals surface area contributed by atoms with Crippen molar-refractivity contribution < 1.29 is 4.79 Å². The van der Waals surface area contributed by atoms with Gasteiger partial charge in [-0.3, -0.25) is 4.79 Å². The highest BCUT2D eigenvalue weighted by atomic mass is 16.1. The fraction of sp³-hybridized carbons (Fsp3) is 0.533. The molecule has 0 spiro atoms. The Morgan fingerprint density at radius 3 is 2.61 bits per heavy atom. The van der Waals surface area contributed by atoms with Crippen LogP contribution in [-0.4, -0.2) is 11.9 Å². The predicted molar refractivity (Wildman–Crippen MR) is 76.5 cm³/mol. The van der Waals surface area contributed by atoms with E-state index in [2.05, 4.69) is 12.2 Å². The van der Waals surface area contributed by atoms with Crippen LogP contribution in [0.5, 0.6) is 0 Å². The van der Waals surface area contributed by atoms with Crippen LogP contribution >= 0.6 is 0 Å². The maximum Gasteiger partial charge on any atom is 0.239 e. The molecule has 0 aliphatic rings. The van der Waals surface area contributed by atoms with Crippen molar-refractivity contribution in [1.82, 2.24) is 0 Å². The van der Waals surface area contributed by atoms with Crippen LogP contribution in [0.15, 0.2) is 24.3 Å². The summed E-state index contributed by atoms with van der Waals surface area (Å²) >= 11 is 0. The van der Waals surface area contributed by atoms with Crippen molar-refractivity contribution in [2.45, 2.75) is 52.0 Å². The van der Waals surface area contributed by atoms with Crippen molar-refractivity contribution in [2.24, 2.45) is 5.73 Å². The zero-order valence-corrected chi connectivity index (χ0v) is 11.4. The third kappa shape index (κ3) is 4.78. The second-order valence-electron chi connectivity index (χ2n) is 4.76. The summed E-state index contributed by atoms with van der Waals surface area (Å²) in [4.78, 5) is 11.4. The second-order valence-corrected chi connectivity index (χ2v) is 4.76. The molecule has 3 nitrogen and oxygen atoms in total. The van der Waals surface area contributed by atoms with Gasteiger partial charge >= 0.3 is 0 Å². The lowest BCUT2D eigenvalue weighted by Crippen LogP contribution is -2.35. The fourth-order valence-electron chi connectivity index (χ4n) is 1.98. The highest BCUT2D eigenvalue weighted by molar-refractivity contribution is 5.83. The Hall–Kier alpha value is -1.51. The van der Waals surface area contributed by atoms with Crippen LogP contribution in [0.25, 0.3) is 0 Å². The Bertz CT molecular complexity index is 377. The van der Waals surface area contributed by atoms with Gasteiger partial charge in [0.25, 0.3) is 0 Å². The van der Waals surface area contributed by atoms with Gasteiger partial charge in [0, 0.05) is 5.69 Å². The average molecular weight is 248 g/mol. The van der Waals surface area contributed by atoms with Gasteiger partial charge < -0.3 is 11.1 Å². The molecule has 0 fully saturated rings. The van der Waals surface area contributed by atoms with E-state index in [0.29, 0.717) is 0 Å². The lowest BCUT2D eigenvalue weighted by molar-refractivity contribution is -0.118. The number of hydrogen-bond donors (Lipinski definition) is 2. The number of carbonyl (C=O) groups excluding carboxylic acids is 1. The SMILES string of the molecule is CCCCCCC(Nc1ccccc1C)C(N)=O. The van der Waals surface area contributed by atoms with E-state index in [0.717, 1.165) is 30.5 Å². The molecule has 0 heterocycles. The molecule has 0 saturated carbocycles. The van der Waals surface area contributed by atoms with Crippen molar-refractivity contribution in [2.75, 3.05) is 5.32 Å². The number of hydrogen-bond acceptors (Lipinski definition) is 2. The fourth-order valence-corrected chi connectivity index (χ4v) is 1.98. The van der Waals surface area contributed by atoms with Gasteiger partial charge in [0.1, 0.15) is 6.04 Å². The van der Waals surface area contributed by atoms with E-state index in [1.165, 1.54) is 12.8 Å². The van der Waals surface area contributed by atoms with E-state index < -0.39 is 0 Å². The van der Waals surface area contributed by atoms with Gasteiger partial charge in [0.15, 0.2) is 0 Å². The highest BCUT2D eigenvalue weighted by Crippen LogP contribution is 2.16. The lowest BCUT2D eigenvalue weighted by atomic mass is 10.1. The molecular formula is C15H24N2O. The van der Waals surface area contributed by atoms with Crippen molar-refractivity contribution in [1.29, 1.82) is 0 Å². The van der Waals surface area contributed by atoms with Crippen molar-refractivity contribution in [3.63, 3.8) is 0 Å². The van der Waals surface area contributed by atoms with E-state index >= 15 is 0 Å². The monoisotopic (exact) mass is 248 g/mol. The molecule has 3 heteroatoms. The number of rotatable bonds is 8. The van der Waals surface area contributed by atoms with Crippen LogP contribution in [0.3, 0.4) is 0 Å². The zero-order valence-electron chi connectivity index (χ0n) is 11.4. The van der Waals surface area contributed by atoms with Gasteiger partial charge in [-0.25, -0.2) is 0 Å². The number of unbranched alkanes of at least 4 members (excludes halogenated alkanes) is 3. The minimum absolute atomic E-state index is 0.261. The molecule has 0 bridgehead atoms. The minimum Gasteiger partial charge on any atom is -0.373 e. The molecule has 0 aliphatic heterocycles. The van der Waals surface area contributed by atoms with E-state index in [1.807, 2.05) is 31.2 Å². The number of nitrogens with two attached hydrogens (primary N) is 1. The van der Waals surface area contributed by atoms with E-state index in [-0.39, 0.29) is 11.9 Å². The van der Waals surface area contributed by atoms with Gasteiger partial charge in [-0.15, -0.1) is 0 Å². The maximum atomic E-state index is 11.4. The van der Waals surface area contributed by atoms with Gasteiger partial charge in [-0.2, -0.15) is 0 Å². The third-order valence-corrected chi connectivity index (χ3v) is 3.16. The van der Waals surface area contributed by atoms with Crippen LogP contribution in [0.1, 0.15) is 44.6 Å². The van der Waals surface area contributed by atoms with Crippen LogP contribution in [0, 0.1) is 6.92 Å². The molecule has 1 rings (SSSR count). The molecular weight excluding hydrogens is 224 g/mol. The highest BCUT2D eigenvalue weighted by Gasteiger charge is 2.14. The summed E-state index contributed by atoms with van der Waals surface area (Å²) in [5, 5.41) is 3.25. The quantitative estimate of drug-likeness (QED) is 0.694. The molecule has 0 saturated heterocycles. The first-order valence-electron chi connectivity index (χ1n) is 6.76. The Morgan fingerprint density at radius 2 is 2.00 bits per heavy atom. The second kappa shape index (κ2) is 7.75. The molecule has 0 radical (unpaired) electrons. The normalized spacial score (nSPS) is 12.1. The molecule has 0 aromatic heterocycles. The first kappa shape index (κ1) is 14.6. The summed E-state index contributed by atoms with van der Waals surface area (Å²) in [6.07, 6.45) is 5.43. The number of anilines is 1. The van der Waals surface area contributed by atoms with Crippen molar-refractivity contribution in [3.05, 3.63) is 29.8 Å². The number of aryl methyl sites for hydroxylation is 1. The lowest BCUT2D eigenvalue weighted by Gasteiger charge is -2.18. The van der Waals surface area contributed by atoms with Gasteiger partial charge in [-0.1, -0.05) is 50.8 Å². The van der Waals surface area contributed by atoms with Crippen molar-refractivity contribution >= 4 is 11.6 Å². The molecule has 100 valence electrons. The van der Waals surface area contributed by atoms with Crippen molar-refractivity contribution in [3.8, 4) is 0 Å². The van der Waals surface area contributed by atoms with E-state index in [1.54, 1.807) is 0 Å². The number of para-hydroxylation sites is 1. The summed E-state index contributed by atoms with van der Waals surface area (Å²) in [6, 6.07) is 7.70. The number of benzene rings is 1. The summed E-state index contributed by atoms with van der Waals surface area (Å²) in [6.45, 7) is 4.20. The first-order chi connectivity index (χ1) is 8.65. The molecule has 1 amide bonds. The topological polar surface area (TPSA) is 55.1 Å². The molecule has 1 atom stereocenters. The Morgan fingerprint density at radius 1 is 1.28 bits per heavy atom. The Balaban J connectivity index is 2.53. The smallest absolute Gasteiger partial charge is 0.239 e. The molecule has 1 aromatic rings. The number of amides is 1. The summed E-state index contributed by atoms with van der Waals surface area (Å²) < 4.78 is 0. The minimum atomic E-state index is -0.269. The summed E-state index contributed by atoms with van der Waals surface area (Å²) in [7, 11) is 0. The Labute approximate surface area is 110 Å². The zero-order chi connectivity index (χ0) is 13.4. The predicted octanol–water partition coefficient (Wildman–Crippen LogP) is 3.23. The molecule has 0 aliphatic carbocycles. The van der Waals surface area contributed by atoms with E-state index in [9.17, 15) is 4.79 Å². The van der Waals surface area contributed by atoms with Crippen LogP contribution in [-0.2, 0) is 4.79 Å². The van der Waals surface area contributed by atoms with Gasteiger partial charge in [0.05, 0.1) is 0 Å². The maximum absolute atomic E-state index is 11.4. The number of primary amides is 1. The van der Waals surface area contributed by atoms with Gasteiger partial charge in [0.2, 0.25) is 5.91 Å². The van der Waals surface area contributed by atoms with Crippen LogP contribution in [0.4, 0.5) is 5.69 Å². The largest absolute Gasteiger partial charge is 0.373 e. The van der Waals surface area contributed by atoms with Gasteiger partial charge in [-0.05, 0) is 25.0 Å². The third-order valence-electron chi connectivity index (χ3n) is 3.16. The summed E-state index contributed by atoms with van der Waals surface area (Å²) in [5.74, 6) is -0.269. The van der Waals surface area contributed by atoms with E-state index in [4.69, 9.17) is 5.73 Å². The average Bonchev–Trinajstić information content (AvgIpc) is 2.35. The summed E-state index contributed by atoms with van der Waals surface area (Å²) in [5.41, 5.74) is 7.58. The number of carbonyl (C=O) groups is 1. The number of nitrogens with one attached hydrogen (secondary N) is 1. The molecule has 18 heavy (non-hydrogen) atoms. The van der Waals surface area contributed by atoms with Crippen LogP contribution in [0.2, 0.25) is 0 Å².